The molecule has 0 unspecified atom stereocenters. The minimum absolute atomic E-state index is 0.00251. The molecule has 1 fully saturated rings. The molecule has 6 nitrogen and oxygen atoms in total. The number of aliphatic hydroxyl groups is 1. The summed E-state index contributed by atoms with van der Waals surface area (Å²) in [5.74, 6) is 0.0670. The van der Waals surface area contributed by atoms with Crippen molar-refractivity contribution in [3.05, 3.63) is 24.2 Å². The van der Waals surface area contributed by atoms with E-state index in [9.17, 15) is 9.59 Å². The van der Waals surface area contributed by atoms with E-state index < -0.39 is 0 Å². The molecule has 6 heteroatoms. The molecule has 2 rings (SSSR count). The molecule has 0 bridgehead atoms. The molecule has 0 aromatic carbocycles. The van der Waals surface area contributed by atoms with E-state index in [0.717, 1.165) is 19.3 Å². The second-order valence-corrected chi connectivity index (χ2v) is 5.23. The molecule has 2 amide bonds. The zero-order chi connectivity index (χ0) is 15.1. The number of rotatable bonds is 8. The van der Waals surface area contributed by atoms with E-state index in [-0.39, 0.29) is 24.2 Å². The molecule has 1 aromatic heterocycles. The molecular formula is C15H22N2O4. The molecule has 1 aliphatic carbocycles. The van der Waals surface area contributed by atoms with Crippen LogP contribution in [0.1, 0.15) is 42.7 Å². The van der Waals surface area contributed by atoms with E-state index in [1.54, 1.807) is 17.0 Å². The summed E-state index contributed by atoms with van der Waals surface area (Å²) in [7, 11) is 0. The summed E-state index contributed by atoms with van der Waals surface area (Å²) >= 11 is 0. The van der Waals surface area contributed by atoms with Crippen molar-refractivity contribution >= 4 is 11.8 Å². The van der Waals surface area contributed by atoms with E-state index >= 15 is 0 Å². The van der Waals surface area contributed by atoms with Gasteiger partial charge in [0, 0.05) is 25.6 Å². The van der Waals surface area contributed by atoms with Gasteiger partial charge in [-0.1, -0.05) is 0 Å². The predicted molar refractivity (Wildman–Crippen MR) is 76.7 cm³/mol. The van der Waals surface area contributed by atoms with Crippen molar-refractivity contribution in [2.45, 2.75) is 38.1 Å². The highest BCUT2D eigenvalue weighted by molar-refractivity contribution is 5.91. The molecule has 1 heterocycles. The number of furan rings is 1. The molecule has 1 aromatic rings. The predicted octanol–water partition coefficient (Wildman–Crippen LogP) is 1.16. The van der Waals surface area contributed by atoms with Crippen molar-refractivity contribution in [3.63, 3.8) is 0 Å². The first-order valence-electron chi connectivity index (χ1n) is 7.44. The molecule has 0 saturated heterocycles. The van der Waals surface area contributed by atoms with Gasteiger partial charge in [-0.2, -0.15) is 0 Å². The average molecular weight is 294 g/mol. The van der Waals surface area contributed by atoms with Gasteiger partial charge in [-0.05, 0) is 37.8 Å². The van der Waals surface area contributed by atoms with Gasteiger partial charge in [0.1, 0.15) is 0 Å². The van der Waals surface area contributed by atoms with Gasteiger partial charge in [-0.15, -0.1) is 0 Å². The minimum Gasteiger partial charge on any atom is -0.459 e. The highest BCUT2D eigenvalue weighted by Crippen LogP contribution is 2.25. The van der Waals surface area contributed by atoms with E-state index in [2.05, 4.69) is 5.32 Å². The van der Waals surface area contributed by atoms with Crippen LogP contribution in [0.25, 0.3) is 0 Å². The number of aliphatic hydroxyl groups excluding tert-OH is 1. The lowest BCUT2D eigenvalue weighted by molar-refractivity contribution is -0.136. The zero-order valence-electron chi connectivity index (χ0n) is 12.1. The first kappa shape index (κ1) is 15.6. The SMILES string of the molecule is O=C(NCCCC(=O)N(CCO)C1CCC1)c1ccco1. The third-order valence-electron chi connectivity index (χ3n) is 3.77. The van der Waals surface area contributed by atoms with E-state index in [0.29, 0.717) is 32.0 Å². The number of hydrogen-bond acceptors (Lipinski definition) is 4. The van der Waals surface area contributed by atoms with Crippen molar-refractivity contribution in [2.75, 3.05) is 19.7 Å². The molecular weight excluding hydrogens is 272 g/mol. The summed E-state index contributed by atoms with van der Waals surface area (Å²) in [4.78, 5) is 25.5. The third-order valence-corrected chi connectivity index (χ3v) is 3.77. The van der Waals surface area contributed by atoms with Crippen LogP contribution in [-0.4, -0.2) is 47.6 Å². The molecule has 2 N–H and O–H groups in total. The molecule has 0 aliphatic heterocycles. The maximum Gasteiger partial charge on any atom is 0.286 e. The first-order valence-corrected chi connectivity index (χ1v) is 7.44. The summed E-state index contributed by atoms with van der Waals surface area (Å²) in [6, 6.07) is 3.55. The van der Waals surface area contributed by atoms with Crippen LogP contribution in [0.2, 0.25) is 0 Å². The second kappa shape index (κ2) is 7.83. The molecule has 0 spiro atoms. The lowest BCUT2D eigenvalue weighted by Crippen LogP contribution is -2.45. The van der Waals surface area contributed by atoms with Crippen LogP contribution in [0.3, 0.4) is 0 Å². The summed E-state index contributed by atoms with van der Waals surface area (Å²) in [5, 5.41) is 11.8. The summed E-state index contributed by atoms with van der Waals surface area (Å²) in [5.41, 5.74) is 0. The average Bonchev–Trinajstić information content (AvgIpc) is 2.94. The highest BCUT2D eigenvalue weighted by atomic mass is 16.3. The van der Waals surface area contributed by atoms with Crippen LogP contribution >= 0.6 is 0 Å². The molecule has 0 radical (unpaired) electrons. The Kier molecular flexibility index (Phi) is 5.80. The van der Waals surface area contributed by atoms with Crippen molar-refractivity contribution in [1.29, 1.82) is 0 Å². The number of nitrogens with zero attached hydrogens (tertiary/aromatic N) is 1. The van der Waals surface area contributed by atoms with Crippen LogP contribution in [0, 0.1) is 0 Å². The highest BCUT2D eigenvalue weighted by Gasteiger charge is 2.27. The minimum atomic E-state index is -0.265. The monoisotopic (exact) mass is 294 g/mol. The number of carbonyl (C=O) groups is 2. The van der Waals surface area contributed by atoms with E-state index in [4.69, 9.17) is 9.52 Å². The lowest BCUT2D eigenvalue weighted by atomic mass is 9.91. The largest absolute Gasteiger partial charge is 0.459 e. The van der Waals surface area contributed by atoms with Gasteiger partial charge in [0.25, 0.3) is 5.91 Å². The molecule has 21 heavy (non-hydrogen) atoms. The fraction of sp³-hybridized carbons (Fsp3) is 0.600. The summed E-state index contributed by atoms with van der Waals surface area (Å²) in [6.07, 6.45) is 5.62. The van der Waals surface area contributed by atoms with Gasteiger partial charge >= 0.3 is 0 Å². The summed E-state index contributed by atoms with van der Waals surface area (Å²) in [6.45, 7) is 0.836. The number of hydrogen-bond donors (Lipinski definition) is 2. The lowest BCUT2D eigenvalue weighted by Gasteiger charge is -2.37. The Balaban J connectivity index is 1.67. The Labute approximate surface area is 124 Å². The van der Waals surface area contributed by atoms with Gasteiger partial charge in [0.15, 0.2) is 5.76 Å². The van der Waals surface area contributed by atoms with Crippen molar-refractivity contribution in [2.24, 2.45) is 0 Å². The molecule has 0 atom stereocenters. The topological polar surface area (TPSA) is 82.8 Å². The van der Waals surface area contributed by atoms with Gasteiger partial charge in [-0.3, -0.25) is 9.59 Å². The van der Waals surface area contributed by atoms with Crippen LogP contribution in [0.5, 0.6) is 0 Å². The fourth-order valence-electron chi connectivity index (χ4n) is 2.40. The first-order chi connectivity index (χ1) is 10.2. The van der Waals surface area contributed by atoms with Crippen LogP contribution < -0.4 is 5.32 Å². The van der Waals surface area contributed by atoms with Crippen molar-refractivity contribution < 1.29 is 19.1 Å². The Morgan fingerprint density at radius 1 is 1.43 bits per heavy atom. The van der Waals surface area contributed by atoms with Gasteiger partial charge < -0.3 is 19.7 Å². The van der Waals surface area contributed by atoms with Crippen LogP contribution in [0.15, 0.2) is 22.8 Å². The Morgan fingerprint density at radius 3 is 2.81 bits per heavy atom. The standard InChI is InChI=1S/C15H22N2O4/c18-10-9-17(12-4-1-5-12)14(19)7-2-8-16-15(20)13-6-3-11-21-13/h3,6,11-12,18H,1-2,4-5,7-10H2,(H,16,20). The smallest absolute Gasteiger partial charge is 0.286 e. The van der Waals surface area contributed by atoms with Gasteiger partial charge in [-0.25, -0.2) is 0 Å². The van der Waals surface area contributed by atoms with Crippen molar-refractivity contribution in [1.82, 2.24) is 10.2 Å². The number of carbonyl (C=O) groups excluding carboxylic acids is 2. The van der Waals surface area contributed by atoms with Crippen LogP contribution in [0.4, 0.5) is 0 Å². The summed E-state index contributed by atoms with van der Waals surface area (Å²) < 4.78 is 4.98. The maximum atomic E-state index is 12.1. The Morgan fingerprint density at radius 2 is 2.24 bits per heavy atom. The van der Waals surface area contributed by atoms with Gasteiger partial charge in [0.05, 0.1) is 12.9 Å². The molecule has 1 aliphatic rings. The Hall–Kier alpha value is -1.82. The fourth-order valence-corrected chi connectivity index (χ4v) is 2.40. The quantitative estimate of drug-likeness (QED) is 0.705. The second-order valence-electron chi connectivity index (χ2n) is 5.23. The number of amides is 2. The molecule has 1 saturated carbocycles. The van der Waals surface area contributed by atoms with E-state index in [1.165, 1.54) is 6.26 Å². The Bertz CT molecular complexity index is 454. The van der Waals surface area contributed by atoms with Gasteiger partial charge in [0.2, 0.25) is 5.91 Å². The van der Waals surface area contributed by atoms with Crippen LogP contribution in [-0.2, 0) is 4.79 Å². The van der Waals surface area contributed by atoms with E-state index in [1.807, 2.05) is 0 Å². The maximum absolute atomic E-state index is 12.1. The zero-order valence-corrected chi connectivity index (χ0v) is 12.1. The van der Waals surface area contributed by atoms with Crippen molar-refractivity contribution in [3.8, 4) is 0 Å². The number of nitrogens with one attached hydrogen (secondary N) is 1. The normalized spacial score (nSPS) is 14.5. The third kappa shape index (κ3) is 4.32. The molecule has 116 valence electrons.